The summed E-state index contributed by atoms with van der Waals surface area (Å²) in [5.74, 6) is 0.328. The number of aromatic nitrogens is 2. The second-order valence-electron chi connectivity index (χ2n) is 10.7. The number of benzene rings is 3. The van der Waals surface area contributed by atoms with Gasteiger partial charge in [0.05, 0.1) is 12.8 Å². The number of Topliss-reactive ketones (excluding diaryl/α,β-unsaturated/α-hetero) is 1. The van der Waals surface area contributed by atoms with Crippen molar-refractivity contribution in [2.45, 2.75) is 51.9 Å². The second kappa shape index (κ2) is 10.5. The van der Waals surface area contributed by atoms with Gasteiger partial charge in [0.25, 0.3) is 0 Å². The molecule has 0 spiro atoms. The van der Waals surface area contributed by atoms with Crippen molar-refractivity contribution in [3.63, 3.8) is 0 Å². The van der Waals surface area contributed by atoms with Crippen LogP contribution in [-0.4, -0.2) is 28.0 Å². The standard InChI is InChI=1S/C31H33FN4O2/c1-31(2,3)35-17-21-7-5-6-8-24(21)20-9-14-25(26(32)15-20)27-16-29(37)30-28(18-33-27)34-19-36(30)22-10-12-23(38-4)13-11-22/h5-15,19,27,33,35H,16-18H2,1-4H3. The Bertz CT molecular complexity index is 1450. The van der Waals surface area contributed by atoms with Crippen molar-refractivity contribution in [1.82, 2.24) is 20.2 Å². The summed E-state index contributed by atoms with van der Waals surface area (Å²) in [6.07, 6.45) is 1.80. The summed E-state index contributed by atoms with van der Waals surface area (Å²) in [7, 11) is 1.61. The van der Waals surface area contributed by atoms with Crippen LogP contribution in [0.15, 0.2) is 73.1 Å². The van der Waals surface area contributed by atoms with Crippen LogP contribution in [0.1, 0.15) is 60.5 Å². The van der Waals surface area contributed by atoms with Gasteiger partial charge in [-0.2, -0.15) is 0 Å². The molecule has 1 aliphatic rings. The zero-order valence-electron chi connectivity index (χ0n) is 22.2. The Morgan fingerprint density at radius 3 is 2.58 bits per heavy atom. The van der Waals surface area contributed by atoms with E-state index in [0.717, 1.165) is 28.1 Å². The molecule has 196 valence electrons. The molecule has 0 radical (unpaired) electrons. The largest absolute Gasteiger partial charge is 0.497 e. The minimum atomic E-state index is -0.451. The summed E-state index contributed by atoms with van der Waals surface area (Å²) in [6, 6.07) is 20.4. The van der Waals surface area contributed by atoms with Crippen molar-refractivity contribution in [3.8, 4) is 22.6 Å². The third-order valence-electron chi connectivity index (χ3n) is 6.88. The molecule has 0 aliphatic carbocycles. The zero-order valence-corrected chi connectivity index (χ0v) is 22.2. The van der Waals surface area contributed by atoms with Crippen molar-refractivity contribution in [2.75, 3.05) is 7.11 Å². The van der Waals surface area contributed by atoms with Gasteiger partial charge in [-0.25, -0.2) is 9.37 Å². The number of fused-ring (bicyclic) bond motifs is 1. The molecule has 0 fully saturated rings. The van der Waals surface area contributed by atoms with Gasteiger partial charge in [0.1, 0.15) is 23.6 Å². The maximum Gasteiger partial charge on any atom is 0.183 e. The molecular formula is C31H33FN4O2. The first kappa shape index (κ1) is 25.8. The number of carbonyl (C=O) groups excluding carboxylic acids is 1. The van der Waals surface area contributed by atoms with E-state index in [9.17, 15) is 4.79 Å². The second-order valence-corrected chi connectivity index (χ2v) is 10.7. The van der Waals surface area contributed by atoms with E-state index < -0.39 is 6.04 Å². The zero-order chi connectivity index (χ0) is 26.9. The summed E-state index contributed by atoms with van der Waals surface area (Å²) in [5, 5.41) is 6.86. The summed E-state index contributed by atoms with van der Waals surface area (Å²) in [5.41, 5.74) is 5.37. The van der Waals surface area contributed by atoms with Gasteiger partial charge >= 0.3 is 0 Å². The number of hydrogen-bond acceptors (Lipinski definition) is 5. The van der Waals surface area contributed by atoms with Crippen LogP contribution in [0.5, 0.6) is 5.75 Å². The van der Waals surface area contributed by atoms with E-state index >= 15 is 4.39 Å². The number of nitrogens with one attached hydrogen (secondary N) is 2. The van der Waals surface area contributed by atoms with E-state index in [0.29, 0.717) is 30.0 Å². The average molecular weight is 513 g/mol. The number of rotatable bonds is 6. The molecule has 1 unspecified atom stereocenters. The molecular weight excluding hydrogens is 479 g/mol. The fraction of sp³-hybridized carbons (Fsp3) is 0.290. The third kappa shape index (κ3) is 5.39. The van der Waals surface area contributed by atoms with Gasteiger partial charge in [0.2, 0.25) is 0 Å². The van der Waals surface area contributed by atoms with Crippen LogP contribution in [0, 0.1) is 5.82 Å². The molecule has 1 aliphatic heterocycles. The van der Waals surface area contributed by atoms with E-state index in [1.165, 1.54) is 0 Å². The fourth-order valence-electron chi connectivity index (χ4n) is 4.84. The number of halogens is 1. The molecule has 3 aromatic carbocycles. The summed E-state index contributed by atoms with van der Waals surface area (Å²) < 4.78 is 22.6. The minimum absolute atomic E-state index is 0.0265. The van der Waals surface area contributed by atoms with Gasteiger partial charge < -0.3 is 15.4 Å². The first-order valence-corrected chi connectivity index (χ1v) is 12.8. The molecule has 0 amide bonds. The topological polar surface area (TPSA) is 68.2 Å². The molecule has 1 atom stereocenters. The SMILES string of the molecule is COc1ccc(-n2cnc3c2C(=O)CC(c2ccc(-c4ccccc4CNC(C)(C)C)cc2F)NC3)cc1. The number of ether oxygens (including phenoxy) is 1. The highest BCUT2D eigenvalue weighted by Crippen LogP contribution is 2.32. The number of nitrogens with zero attached hydrogens (tertiary/aromatic N) is 2. The highest BCUT2D eigenvalue weighted by molar-refractivity contribution is 5.97. The lowest BCUT2D eigenvalue weighted by Crippen LogP contribution is -2.35. The van der Waals surface area contributed by atoms with Gasteiger partial charge in [-0.05, 0) is 67.8 Å². The monoisotopic (exact) mass is 512 g/mol. The van der Waals surface area contributed by atoms with E-state index in [-0.39, 0.29) is 23.6 Å². The first-order chi connectivity index (χ1) is 18.2. The van der Waals surface area contributed by atoms with Crippen molar-refractivity contribution >= 4 is 5.78 Å². The van der Waals surface area contributed by atoms with Crippen LogP contribution in [0.4, 0.5) is 4.39 Å². The maximum atomic E-state index is 15.6. The Labute approximate surface area is 222 Å². The summed E-state index contributed by atoms with van der Waals surface area (Å²) >= 11 is 0. The summed E-state index contributed by atoms with van der Waals surface area (Å²) in [6.45, 7) is 7.42. The predicted molar refractivity (Wildman–Crippen MR) is 147 cm³/mol. The van der Waals surface area contributed by atoms with E-state index in [2.05, 4.69) is 42.5 Å². The number of ketones is 1. The van der Waals surface area contributed by atoms with Gasteiger partial charge in [-0.15, -0.1) is 0 Å². The summed E-state index contributed by atoms with van der Waals surface area (Å²) in [4.78, 5) is 17.9. The number of methoxy groups -OCH3 is 1. The average Bonchev–Trinajstić information content (AvgIpc) is 3.26. The van der Waals surface area contributed by atoms with Gasteiger partial charge in [0.15, 0.2) is 5.78 Å². The van der Waals surface area contributed by atoms with Crippen LogP contribution < -0.4 is 15.4 Å². The van der Waals surface area contributed by atoms with Gasteiger partial charge in [-0.1, -0.05) is 36.4 Å². The number of carbonyl (C=O) groups is 1. The van der Waals surface area contributed by atoms with Crippen LogP contribution >= 0.6 is 0 Å². The highest BCUT2D eigenvalue weighted by atomic mass is 19.1. The molecule has 4 aromatic rings. The normalized spacial score (nSPS) is 15.7. The molecule has 5 rings (SSSR count). The van der Waals surface area contributed by atoms with E-state index in [4.69, 9.17) is 4.74 Å². The van der Waals surface area contributed by atoms with Crippen LogP contribution in [0.2, 0.25) is 0 Å². The molecule has 0 saturated heterocycles. The quantitative estimate of drug-likeness (QED) is 0.332. The molecule has 7 heteroatoms. The lowest BCUT2D eigenvalue weighted by Gasteiger charge is -2.22. The molecule has 0 saturated carbocycles. The van der Waals surface area contributed by atoms with Gasteiger partial charge in [0, 0.05) is 42.3 Å². The van der Waals surface area contributed by atoms with Crippen molar-refractivity contribution in [3.05, 3.63) is 101 Å². The smallest absolute Gasteiger partial charge is 0.183 e. The Hall–Kier alpha value is -3.81. The number of hydrogen-bond donors (Lipinski definition) is 2. The van der Waals surface area contributed by atoms with Crippen molar-refractivity contribution < 1.29 is 13.9 Å². The number of imidazole rings is 1. The highest BCUT2D eigenvalue weighted by Gasteiger charge is 2.29. The first-order valence-electron chi connectivity index (χ1n) is 12.8. The van der Waals surface area contributed by atoms with E-state index in [1.54, 1.807) is 30.1 Å². The predicted octanol–water partition coefficient (Wildman–Crippen LogP) is 5.99. The van der Waals surface area contributed by atoms with Crippen LogP contribution in [0.25, 0.3) is 16.8 Å². The Morgan fingerprint density at radius 1 is 1.11 bits per heavy atom. The van der Waals surface area contributed by atoms with Gasteiger partial charge in [-0.3, -0.25) is 9.36 Å². The van der Waals surface area contributed by atoms with Crippen molar-refractivity contribution in [1.29, 1.82) is 0 Å². The third-order valence-corrected chi connectivity index (χ3v) is 6.88. The Kier molecular flexibility index (Phi) is 7.15. The molecule has 0 bridgehead atoms. The van der Waals surface area contributed by atoms with Crippen LogP contribution in [0.3, 0.4) is 0 Å². The fourth-order valence-corrected chi connectivity index (χ4v) is 4.84. The Morgan fingerprint density at radius 2 is 1.87 bits per heavy atom. The Balaban J connectivity index is 1.39. The lowest BCUT2D eigenvalue weighted by molar-refractivity contribution is 0.0966. The van der Waals surface area contributed by atoms with Crippen molar-refractivity contribution in [2.24, 2.45) is 0 Å². The minimum Gasteiger partial charge on any atom is -0.497 e. The molecule has 1 aromatic heterocycles. The lowest BCUT2D eigenvalue weighted by atomic mass is 9.94. The van der Waals surface area contributed by atoms with E-state index in [1.807, 2.05) is 48.5 Å². The van der Waals surface area contributed by atoms with Crippen LogP contribution in [-0.2, 0) is 13.1 Å². The molecule has 2 N–H and O–H groups in total. The molecule has 38 heavy (non-hydrogen) atoms. The maximum absolute atomic E-state index is 15.6. The molecule has 2 heterocycles. The molecule has 6 nitrogen and oxygen atoms in total.